The molecule has 4 rings (SSSR count). The van der Waals surface area contributed by atoms with Crippen molar-refractivity contribution in [2.45, 2.75) is 50.7 Å². The van der Waals surface area contributed by atoms with Crippen LogP contribution in [0.15, 0.2) is 18.2 Å². The highest BCUT2D eigenvalue weighted by atomic mass is 16.5. The van der Waals surface area contributed by atoms with E-state index in [-0.39, 0.29) is 18.7 Å². The van der Waals surface area contributed by atoms with Crippen molar-refractivity contribution in [3.63, 3.8) is 0 Å². The second-order valence-electron chi connectivity index (χ2n) is 8.15. The number of unbranched alkanes of at least 4 members (excludes halogenated alkanes) is 2. The summed E-state index contributed by atoms with van der Waals surface area (Å²) in [5.41, 5.74) is 1.20. The van der Waals surface area contributed by atoms with E-state index in [2.05, 4.69) is 16.0 Å². The molecule has 0 aromatic heterocycles. The Morgan fingerprint density at radius 3 is 2.74 bits per heavy atom. The predicted molar refractivity (Wildman–Crippen MR) is 113 cm³/mol. The molecule has 0 spiro atoms. The lowest BCUT2D eigenvalue weighted by atomic mass is 10.0. The number of ether oxygens (including phenoxy) is 1. The van der Waals surface area contributed by atoms with Crippen molar-refractivity contribution in [3.05, 3.63) is 29.3 Å². The average Bonchev–Trinajstić information content (AvgIpc) is 3.02. The molecule has 4 amide bonds. The largest absolute Gasteiger partial charge is 0.384 e. The third kappa shape index (κ3) is 4.62. The molecule has 2 atom stereocenters. The van der Waals surface area contributed by atoms with Crippen LogP contribution in [0.2, 0.25) is 0 Å². The molecule has 2 saturated heterocycles. The number of hydrogen-bond donors (Lipinski definition) is 3. The zero-order valence-electron chi connectivity index (χ0n) is 17.4. The van der Waals surface area contributed by atoms with Crippen LogP contribution >= 0.6 is 0 Å². The summed E-state index contributed by atoms with van der Waals surface area (Å²) in [6.07, 6.45) is 4.63. The molecule has 1 aromatic carbocycles. The Bertz CT molecular complexity index is 881. The van der Waals surface area contributed by atoms with Crippen molar-refractivity contribution in [2.75, 3.05) is 31.6 Å². The zero-order valence-corrected chi connectivity index (χ0v) is 17.4. The molecule has 0 saturated carbocycles. The van der Waals surface area contributed by atoms with Gasteiger partial charge in [-0.15, -0.1) is 0 Å². The standard InChI is InChI=1S/C22H28N4O5/c27-18-9-8-17(20(28)25-18)26-21(29)15-6-4-7-16(19(15)22(26)30)24-10-3-1-2-5-14-13-23-11-12-31-14/h4,6-7,14,17,23-24H,1-3,5,8-13H2,(H,25,27,28)/t14-,17?/m1/s1. The molecule has 0 bridgehead atoms. The number of fused-ring (bicyclic) bond motifs is 1. The van der Waals surface area contributed by atoms with Gasteiger partial charge >= 0.3 is 0 Å². The summed E-state index contributed by atoms with van der Waals surface area (Å²) in [4.78, 5) is 50.5. The number of morpholine rings is 1. The third-order valence-electron chi connectivity index (χ3n) is 5.99. The topological polar surface area (TPSA) is 117 Å². The number of carbonyl (C=O) groups is 4. The number of carbonyl (C=O) groups excluding carboxylic acids is 4. The quantitative estimate of drug-likeness (QED) is 0.419. The van der Waals surface area contributed by atoms with Crippen molar-refractivity contribution in [3.8, 4) is 0 Å². The van der Waals surface area contributed by atoms with Gasteiger partial charge in [0, 0.05) is 31.7 Å². The number of hydrogen-bond acceptors (Lipinski definition) is 7. The fourth-order valence-corrected chi connectivity index (χ4v) is 4.36. The van der Waals surface area contributed by atoms with Crippen LogP contribution in [-0.4, -0.2) is 66.9 Å². The van der Waals surface area contributed by atoms with Gasteiger partial charge in [-0.1, -0.05) is 18.9 Å². The molecule has 0 aliphatic carbocycles. The second kappa shape index (κ2) is 9.57. The van der Waals surface area contributed by atoms with Crippen LogP contribution in [0.4, 0.5) is 5.69 Å². The summed E-state index contributed by atoms with van der Waals surface area (Å²) < 4.78 is 5.70. The second-order valence-corrected chi connectivity index (χ2v) is 8.15. The van der Waals surface area contributed by atoms with E-state index < -0.39 is 23.8 Å². The van der Waals surface area contributed by atoms with Gasteiger partial charge in [-0.2, -0.15) is 0 Å². The highest BCUT2D eigenvalue weighted by Crippen LogP contribution is 2.32. The molecule has 3 aliphatic heterocycles. The van der Waals surface area contributed by atoms with Crippen molar-refractivity contribution in [2.24, 2.45) is 0 Å². The van der Waals surface area contributed by atoms with Gasteiger partial charge < -0.3 is 15.4 Å². The van der Waals surface area contributed by atoms with Crippen LogP contribution in [0.1, 0.15) is 59.2 Å². The van der Waals surface area contributed by atoms with Gasteiger partial charge in [-0.05, 0) is 31.4 Å². The minimum Gasteiger partial charge on any atom is -0.384 e. The molecule has 3 N–H and O–H groups in total. The number of anilines is 1. The average molecular weight is 428 g/mol. The smallest absolute Gasteiger partial charge is 0.264 e. The van der Waals surface area contributed by atoms with Gasteiger partial charge in [0.05, 0.1) is 23.8 Å². The van der Waals surface area contributed by atoms with E-state index >= 15 is 0 Å². The van der Waals surface area contributed by atoms with Crippen molar-refractivity contribution >= 4 is 29.3 Å². The van der Waals surface area contributed by atoms with Crippen LogP contribution in [0.5, 0.6) is 0 Å². The molecule has 1 unspecified atom stereocenters. The first kappa shape index (κ1) is 21.5. The van der Waals surface area contributed by atoms with Gasteiger partial charge in [-0.3, -0.25) is 29.4 Å². The van der Waals surface area contributed by atoms with Crippen LogP contribution in [0, 0.1) is 0 Å². The highest BCUT2D eigenvalue weighted by molar-refractivity contribution is 6.25. The molecular formula is C22H28N4O5. The molecule has 0 radical (unpaired) electrons. The maximum absolute atomic E-state index is 13.0. The molecule has 166 valence electrons. The fraction of sp³-hybridized carbons (Fsp3) is 0.545. The van der Waals surface area contributed by atoms with Gasteiger partial charge in [0.25, 0.3) is 11.8 Å². The van der Waals surface area contributed by atoms with Crippen molar-refractivity contribution < 1.29 is 23.9 Å². The van der Waals surface area contributed by atoms with E-state index in [1.807, 2.05) is 0 Å². The lowest BCUT2D eigenvalue weighted by Gasteiger charge is -2.27. The van der Waals surface area contributed by atoms with Gasteiger partial charge in [0.15, 0.2) is 0 Å². The summed E-state index contributed by atoms with van der Waals surface area (Å²) in [7, 11) is 0. The predicted octanol–water partition coefficient (Wildman–Crippen LogP) is 1.05. The Kier molecular flexibility index (Phi) is 6.62. The van der Waals surface area contributed by atoms with E-state index in [4.69, 9.17) is 4.74 Å². The van der Waals surface area contributed by atoms with Crippen LogP contribution in [0.25, 0.3) is 0 Å². The molecule has 2 fully saturated rings. The normalized spacial score (nSPS) is 23.7. The number of imide groups is 2. The Morgan fingerprint density at radius 2 is 1.97 bits per heavy atom. The fourth-order valence-electron chi connectivity index (χ4n) is 4.36. The third-order valence-corrected chi connectivity index (χ3v) is 5.99. The zero-order chi connectivity index (χ0) is 21.8. The summed E-state index contributed by atoms with van der Waals surface area (Å²) in [5, 5.41) is 8.82. The maximum Gasteiger partial charge on any atom is 0.264 e. The highest BCUT2D eigenvalue weighted by Gasteiger charge is 2.45. The van der Waals surface area contributed by atoms with Crippen LogP contribution in [-0.2, 0) is 14.3 Å². The van der Waals surface area contributed by atoms with E-state index in [9.17, 15) is 19.2 Å². The number of nitrogens with one attached hydrogen (secondary N) is 3. The van der Waals surface area contributed by atoms with Gasteiger partial charge in [0.1, 0.15) is 6.04 Å². The minimum atomic E-state index is -0.950. The Hall–Kier alpha value is -2.78. The molecule has 3 heterocycles. The molecule has 9 nitrogen and oxygen atoms in total. The lowest BCUT2D eigenvalue weighted by molar-refractivity contribution is -0.136. The van der Waals surface area contributed by atoms with E-state index in [1.54, 1.807) is 18.2 Å². The number of amides is 4. The lowest BCUT2D eigenvalue weighted by Crippen LogP contribution is -2.54. The summed E-state index contributed by atoms with van der Waals surface area (Å²) in [6.45, 7) is 3.28. The van der Waals surface area contributed by atoms with Crippen LogP contribution in [0.3, 0.4) is 0 Å². The van der Waals surface area contributed by atoms with Crippen molar-refractivity contribution in [1.82, 2.24) is 15.5 Å². The Balaban J connectivity index is 1.33. The number of benzene rings is 1. The summed E-state index contributed by atoms with van der Waals surface area (Å²) in [6, 6.07) is 4.16. The molecule has 9 heteroatoms. The van der Waals surface area contributed by atoms with Gasteiger partial charge in [-0.25, -0.2) is 0 Å². The van der Waals surface area contributed by atoms with E-state index in [1.165, 1.54) is 0 Å². The molecule has 1 aromatic rings. The molecule has 3 aliphatic rings. The molecular weight excluding hydrogens is 400 g/mol. The van der Waals surface area contributed by atoms with Crippen LogP contribution < -0.4 is 16.0 Å². The Labute approximate surface area is 180 Å². The number of piperidine rings is 1. The number of nitrogens with zero attached hydrogens (tertiary/aromatic N) is 1. The van der Waals surface area contributed by atoms with E-state index in [0.29, 0.717) is 29.5 Å². The van der Waals surface area contributed by atoms with E-state index in [0.717, 1.165) is 50.3 Å². The first-order valence-electron chi connectivity index (χ1n) is 11.0. The Morgan fingerprint density at radius 1 is 1.10 bits per heavy atom. The molecule has 31 heavy (non-hydrogen) atoms. The summed E-state index contributed by atoms with van der Waals surface area (Å²) >= 11 is 0. The van der Waals surface area contributed by atoms with Crippen molar-refractivity contribution in [1.29, 1.82) is 0 Å². The SMILES string of the molecule is O=C1CCC(N2C(=O)c3cccc(NCCCCC[C@@H]4CNCCO4)c3C2=O)C(=O)N1. The number of rotatable bonds is 8. The monoisotopic (exact) mass is 428 g/mol. The minimum absolute atomic E-state index is 0.108. The van der Waals surface area contributed by atoms with Gasteiger partial charge in [0.2, 0.25) is 11.8 Å². The first-order valence-corrected chi connectivity index (χ1v) is 11.0. The summed E-state index contributed by atoms with van der Waals surface area (Å²) in [5.74, 6) is -1.96. The first-order chi connectivity index (χ1) is 15.1. The maximum atomic E-state index is 13.0.